The van der Waals surface area contributed by atoms with E-state index in [1.54, 1.807) is 18.2 Å². The molecule has 3 fully saturated rings. The molecule has 3 aliphatic heterocycles. The lowest BCUT2D eigenvalue weighted by Crippen LogP contribution is -2.50. The van der Waals surface area contributed by atoms with Crippen molar-refractivity contribution in [2.45, 2.75) is 55.5 Å². The molecule has 7 nitrogen and oxygen atoms in total. The highest BCUT2D eigenvalue weighted by Crippen LogP contribution is 2.23. The predicted molar refractivity (Wildman–Crippen MR) is 117 cm³/mol. The van der Waals surface area contributed by atoms with Crippen LogP contribution in [0.1, 0.15) is 48.9 Å². The van der Waals surface area contributed by atoms with Gasteiger partial charge in [0.25, 0.3) is 5.91 Å². The van der Waals surface area contributed by atoms with Crippen LogP contribution in [0, 0.1) is 0 Å². The monoisotopic (exact) mass is 434 g/mol. The molecule has 4 rings (SSSR count). The van der Waals surface area contributed by atoms with Gasteiger partial charge >= 0.3 is 0 Å². The van der Waals surface area contributed by atoms with Crippen LogP contribution in [-0.4, -0.2) is 86.8 Å². The van der Waals surface area contributed by atoms with Crippen molar-refractivity contribution in [3.8, 4) is 0 Å². The number of likely N-dealkylation sites (tertiary alicyclic amines) is 2. The summed E-state index contributed by atoms with van der Waals surface area (Å²) in [6.07, 6.45) is 6.15. The second-order valence-electron chi connectivity index (χ2n) is 8.96. The van der Waals surface area contributed by atoms with Crippen molar-refractivity contribution in [1.82, 2.24) is 19.4 Å². The summed E-state index contributed by atoms with van der Waals surface area (Å²) in [5, 5.41) is 3.13. The molecule has 3 heterocycles. The largest absolute Gasteiger partial charge is 0.349 e. The standard InChI is InChI=1S/C22H34N4O3S/c1-24-13-9-20(10-14-24)25-15-7-19(8-16-25)23-22(27)18-5-4-6-21(17-18)30(28,29)26-11-2-3-12-26/h4-6,17,19-20H,2-3,7-16H2,1H3,(H,23,27). The first kappa shape index (κ1) is 21.7. The van der Waals surface area contributed by atoms with Gasteiger partial charge in [0.05, 0.1) is 4.90 Å². The topological polar surface area (TPSA) is 73.0 Å². The summed E-state index contributed by atoms with van der Waals surface area (Å²) in [5.41, 5.74) is 0.424. The van der Waals surface area contributed by atoms with Gasteiger partial charge in [0.1, 0.15) is 0 Å². The van der Waals surface area contributed by atoms with Gasteiger partial charge in [-0.3, -0.25) is 4.79 Å². The van der Waals surface area contributed by atoms with Crippen LogP contribution in [0.5, 0.6) is 0 Å². The minimum absolute atomic E-state index is 0.152. The molecule has 0 atom stereocenters. The van der Waals surface area contributed by atoms with Gasteiger partial charge < -0.3 is 15.1 Å². The fraction of sp³-hybridized carbons (Fsp3) is 0.682. The lowest BCUT2D eigenvalue weighted by atomic mass is 9.98. The fourth-order valence-corrected chi connectivity index (χ4v) is 6.48. The molecule has 8 heteroatoms. The predicted octanol–water partition coefficient (Wildman–Crippen LogP) is 1.76. The van der Waals surface area contributed by atoms with Crippen molar-refractivity contribution in [2.75, 3.05) is 46.3 Å². The highest BCUT2D eigenvalue weighted by Gasteiger charge is 2.29. The van der Waals surface area contributed by atoms with E-state index >= 15 is 0 Å². The summed E-state index contributed by atoms with van der Waals surface area (Å²) in [6.45, 7) is 5.49. The molecule has 0 radical (unpaired) electrons. The van der Waals surface area contributed by atoms with E-state index in [9.17, 15) is 13.2 Å². The number of rotatable bonds is 5. The highest BCUT2D eigenvalue weighted by molar-refractivity contribution is 7.89. The maximum Gasteiger partial charge on any atom is 0.251 e. The Hall–Kier alpha value is -1.48. The number of amides is 1. The molecular formula is C22H34N4O3S. The van der Waals surface area contributed by atoms with Crippen molar-refractivity contribution in [2.24, 2.45) is 0 Å². The van der Waals surface area contributed by atoms with Crippen molar-refractivity contribution in [3.05, 3.63) is 29.8 Å². The van der Waals surface area contributed by atoms with Crippen LogP contribution in [0.15, 0.2) is 29.2 Å². The number of nitrogens with one attached hydrogen (secondary N) is 1. The second kappa shape index (κ2) is 9.34. The number of hydrogen-bond acceptors (Lipinski definition) is 5. The van der Waals surface area contributed by atoms with E-state index < -0.39 is 10.0 Å². The molecule has 30 heavy (non-hydrogen) atoms. The summed E-state index contributed by atoms with van der Waals surface area (Å²) in [7, 11) is -1.32. The van der Waals surface area contributed by atoms with E-state index in [1.165, 1.54) is 23.2 Å². The van der Waals surface area contributed by atoms with E-state index in [0.717, 1.165) is 51.9 Å². The SMILES string of the molecule is CN1CCC(N2CCC(NC(=O)c3cccc(S(=O)(=O)N4CCCC4)c3)CC2)CC1. The molecule has 0 bridgehead atoms. The number of nitrogens with zero attached hydrogens (tertiary/aromatic N) is 3. The molecule has 0 aromatic heterocycles. The Morgan fingerprint density at radius 3 is 2.30 bits per heavy atom. The van der Waals surface area contributed by atoms with Gasteiger partial charge in [-0.15, -0.1) is 0 Å². The number of sulfonamides is 1. The Labute approximate surface area is 180 Å². The molecule has 1 N–H and O–H groups in total. The number of benzene rings is 1. The first-order valence-corrected chi connectivity index (χ1v) is 12.7. The third kappa shape index (κ3) is 4.88. The van der Waals surface area contributed by atoms with Crippen molar-refractivity contribution >= 4 is 15.9 Å². The van der Waals surface area contributed by atoms with Gasteiger partial charge in [-0.2, -0.15) is 4.31 Å². The van der Waals surface area contributed by atoms with E-state index in [4.69, 9.17) is 0 Å². The first-order valence-electron chi connectivity index (χ1n) is 11.3. The Bertz CT molecular complexity index is 838. The van der Waals surface area contributed by atoms with Gasteiger partial charge in [-0.25, -0.2) is 8.42 Å². The Morgan fingerprint density at radius 1 is 0.967 bits per heavy atom. The average molecular weight is 435 g/mol. The van der Waals surface area contributed by atoms with Crippen molar-refractivity contribution in [1.29, 1.82) is 0 Å². The molecule has 3 aliphatic rings. The average Bonchev–Trinajstić information content (AvgIpc) is 3.31. The molecule has 1 amide bonds. The number of hydrogen-bond donors (Lipinski definition) is 1. The summed E-state index contributed by atoms with van der Waals surface area (Å²) >= 11 is 0. The van der Waals surface area contributed by atoms with Crippen LogP contribution in [0.2, 0.25) is 0 Å². The Kier molecular flexibility index (Phi) is 6.77. The third-order valence-corrected chi connectivity index (χ3v) is 8.76. The fourth-order valence-electron chi connectivity index (χ4n) is 4.91. The van der Waals surface area contributed by atoms with Crippen molar-refractivity contribution in [3.63, 3.8) is 0 Å². The Balaban J connectivity index is 1.32. The zero-order valence-corrected chi connectivity index (χ0v) is 18.7. The number of carbonyl (C=O) groups excluding carboxylic acids is 1. The summed E-state index contributed by atoms with van der Waals surface area (Å²) < 4.78 is 27.1. The van der Waals surface area contributed by atoms with Gasteiger partial charge in [0, 0.05) is 43.8 Å². The lowest BCUT2D eigenvalue weighted by molar-refractivity contribution is 0.0807. The molecule has 166 valence electrons. The minimum atomic E-state index is -3.51. The van der Waals surface area contributed by atoms with Crippen LogP contribution in [-0.2, 0) is 10.0 Å². The van der Waals surface area contributed by atoms with Crippen LogP contribution in [0.25, 0.3) is 0 Å². The smallest absolute Gasteiger partial charge is 0.251 e. The van der Waals surface area contributed by atoms with Crippen LogP contribution >= 0.6 is 0 Å². The quantitative estimate of drug-likeness (QED) is 0.765. The zero-order chi connectivity index (χ0) is 21.1. The second-order valence-corrected chi connectivity index (χ2v) is 10.9. The van der Waals surface area contributed by atoms with Gasteiger partial charge in [0.2, 0.25) is 10.0 Å². The van der Waals surface area contributed by atoms with Crippen molar-refractivity contribution < 1.29 is 13.2 Å². The van der Waals surface area contributed by atoms with Crippen LogP contribution in [0.3, 0.4) is 0 Å². The molecule has 0 saturated carbocycles. The van der Waals surface area contributed by atoms with Gasteiger partial charge in [0.15, 0.2) is 0 Å². The zero-order valence-electron chi connectivity index (χ0n) is 17.9. The third-order valence-electron chi connectivity index (χ3n) is 6.87. The molecule has 0 spiro atoms. The minimum Gasteiger partial charge on any atom is -0.349 e. The first-order chi connectivity index (χ1) is 14.4. The number of piperidine rings is 2. The summed E-state index contributed by atoms with van der Waals surface area (Å²) in [5.74, 6) is -0.175. The van der Waals surface area contributed by atoms with E-state index in [2.05, 4.69) is 22.2 Å². The molecular weight excluding hydrogens is 400 g/mol. The van der Waals surface area contributed by atoms with Gasteiger partial charge in [-0.1, -0.05) is 6.07 Å². The maximum atomic E-state index is 12.8. The summed E-state index contributed by atoms with van der Waals surface area (Å²) in [6, 6.07) is 7.30. The Morgan fingerprint density at radius 2 is 1.63 bits per heavy atom. The number of carbonyl (C=O) groups is 1. The molecule has 1 aromatic carbocycles. The molecule has 0 unspecified atom stereocenters. The van der Waals surface area contributed by atoms with Crippen LogP contribution < -0.4 is 5.32 Å². The van der Waals surface area contributed by atoms with Gasteiger partial charge in [-0.05, 0) is 76.9 Å². The highest BCUT2D eigenvalue weighted by atomic mass is 32.2. The molecule has 3 saturated heterocycles. The van der Waals surface area contributed by atoms with E-state index in [1.807, 2.05) is 0 Å². The molecule has 1 aromatic rings. The summed E-state index contributed by atoms with van der Waals surface area (Å²) in [4.78, 5) is 18.0. The van der Waals surface area contributed by atoms with Crippen LogP contribution in [0.4, 0.5) is 0 Å². The van der Waals surface area contributed by atoms with E-state index in [0.29, 0.717) is 24.7 Å². The normalized spacial score (nSPS) is 23.6. The van der Waals surface area contributed by atoms with E-state index in [-0.39, 0.29) is 16.8 Å². The maximum absolute atomic E-state index is 12.8. The lowest BCUT2D eigenvalue weighted by Gasteiger charge is -2.41. The molecule has 0 aliphatic carbocycles.